The number of fused-ring (bicyclic) bond motifs is 1. The second-order valence-corrected chi connectivity index (χ2v) is 11.7. The molecule has 0 amide bonds. The van der Waals surface area contributed by atoms with E-state index in [0.29, 0.717) is 6.73 Å². The van der Waals surface area contributed by atoms with E-state index in [1.54, 1.807) is 0 Å². The highest BCUT2D eigenvalue weighted by atomic mass is 28.3. The predicted octanol–water partition coefficient (Wildman–Crippen LogP) is 2.76. The smallest absolute Gasteiger partial charge is 0.140 e. The van der Waals surface area contributed by atoms with Gasteiger partial charge in [-0.3, -0.25) is 0 Å². The number of aromatic nitrogens is 4. The van der Waals surface area contributed by atoms with Crippen LogP contribution in [-0.2, 0) is 11.5 Å². The summed E-state index contributed by atoms with van der Waals surface area (Å²) in [6, 6.07) is 1.17. The van der Waals surface area contributed by atoms with Crippen molar-refractivity contribution in [3.63, 3.8) is 0 Å². The Labute approximate surface area is 115 Å². The lowest BCUT2D eigenvalue weighted by Gasteiger charge is -2.15. The molecule has 19 heavy (non-hydrogen) atoms. The Morgan fingerprint density at radius 1 is 1.26 bits per heavy atom. The summed E-state index contributed by atoms with van der Waals surface area (Å²) in [7, 11) is -1.03. The molecule has 0 N–H and O–H groups in total. The average molecular weight is 278 g/mol. The minimum absolute atomic E-state index is 0.473. The van der Waals surface area contributed by atoms with Crippen LogP contribution in [0.4, 0.5) is 0 Å². The molecule has 2 heterocycles. The Morgan fingerprint density at radius 3 is 2.68 bits per heavy atom. The Hall–Kier alpha value is -1.27. The Balaban J connectivity index is 2.05. The molecule has 6 heteroatoms. The molecule has 0 aliphatic heterocycles. The summed E-state index contributed by atoms with van der Waals surface area (Å²) >= 11 is 0. The van der Waals surface area contributed by atoms with Crippen molar-refractivity contribution in [2.75, 3.05) is 6.61 Å². The normalized spacial score (nSPS) is 12.3. The van der Waals surface area contributed by atoms with Gasteiger partial charge in [-0.2, -0.15) is 5.10 Å². The van der Waals surface area contributed by atoms with E-state index >= 15 is 0 Å². The largest absolute Gasteiger partial charge is 0.360 e. The van der Waals surface area contributed by atoms with Crippen LogP contribution in [-0.4, -0.2) is 34.4 Å². The standard InChI is InChI=1S/C13H22N4OSi/c1-10-13-12(8-14-11(2)15-13)17(16-10)9-18-6-7-19(3,4)5/h8H,6-7,9H2,1-5H3. The van der Waals surface area contributed by atoms with E-state index in [1.165, 1.54) is 6.04 Å². The van der Waals surface area contributed by atoms with Crippen LogP contribution in [0.2, 0.25) is 25.7 Å². The summed E-state index contributed by atoms with van der Waals surface area (Å²) in [5.41, 5.74) is 2.78. The monoisotopic (exact) mass is 278 g/mol. The summed E-state index contributed by atoms with van der Waals surface area (Å²) in [6.07, 6.45) is 1.82. The van der Waals surface area contributed by atoms with Crippen molar-refractivity contribution >= 4 is 19.1 Å². The van der Waals surface area contributed by atoms with Crippen molar-refractivity contribution in [3.05, 3.63) is 17.7 Å². The maximum absolute atomic E-state index is 5.73. The third-order valence-corrected chi connectivity index (χ3v) is 4.70. The molecule has 2 aromatic rings. The van der Waals surface area contributed by atoms with Crippen LogP contribution in [0, 0.1) is 13.8 Å². The molecule has 0 aliphatic carbocycles. The maximum atomic E-state index is 5.73. The van der Waals surface area contributed by atoms with Gasteiger partial charge in [0.05, 0.1) is 11.9 Å². The molecule has 0 radical (unpaired) electrons. The lowest BCUT2D eigenvalue weighted by molar-refractivity contribution is 0.0814. The third-order valence-electron chi connectivity index (χ3n) is 2.99. The molecule has 0 aliphatic rings. The molecule has 0 bridgehead atoms. The van der Waals surface area contributed by atoms with E-state index in [9.17, 15) is 0 Å². The molecule has 0 aromatic carbocycles. The summed E-state index contributed by atoms with van der Waals surface area (Å²) in [6.45, 7) is 12.2. The Bertz CT molecular complexity index is 574. The SMILES string of the molecule is Cc1ncc2c(n1)c(C)nn2COCC[Si](C)(C)C. The van der Waals surface area contributed by atoms with Crippen molar-refractivity contribution in [1.29, 1.82) is 0 Å². The zero-order valence-electron chi connectivity index (χ0n) is 12.4. The zero-order chi connectivity index (χ0) is 14.0. The number of hydrogen-bond acceptors (Lipinski definition) is 4. The number of nitrogens with zero attached hydrogens (tertiary/aromatic N) is 4. The fraction of sp³-hybridized carbons (Fsp3) is 0.615. The van der Waals surface area contributed by atoms with Crippen molar-refractivity contribution in [2.45, 2.75) is 46.3 Å². The minimum atomic E-state index is -1.03. The molecule has 5 nitrogen and oxygen atoms in total. The van der Waals surface area contributed by atoms with Crippen molar-refractivity contribution in [1.82, 2.24) is 19.7 Å². The Morgan fingerprint density at radius 2 is 2.00 bits per heavy atom. The van der Waals surface area contributed by atoms with Crippen LogP contribution in [0.25, 0.3) is 11.0 Å². The fourth-order valence-corrected chi connectivity index (χ4v) is 2.59. The van der Waals surface area contributed by atoms with Crippen LogP contribution in [0.15, 0.2) is 6.20 Å². The minimum Gasteiger partial charge on any atom is -0.360 e. The second-order valence-electron chi connectivity index (χ2n) is 6.08. The molecule has 0 unspecified atom stereocenters. The first-order chi connectivity index (χ1) is 8.87. The molecular formula is C13H22N4OSi. The summed E-state index contributed by atoms with van der Waals surface area (Å²) in [5.74, 6) is 0.773. The highest BCUT2D eigenvalue weighted by molar-refractivity contribution is 6.76. The molecule has 2 rings (SSSR count). The van der Waals surface area contributed by atoms with Crippen LogP contribution in [0.3, 0.4) is 0 Å². The van der Waals surface area contributed by atoms with Gasteiger partial charge in [0, 0.05) is 14.7 Å². The Kier molecular flexibility index (Phi) is 4.01. The van der Waals surface area contributed by atoms with Gasteiger partial charge >= 0.3 is 0 Å². The van der Waals surface area contributed by atoms with Crippen LogP contribution >= 0.6 is 0 Å². The first-order valence-electron chi connectivity index (χ1n) is 6.61. The van der Waals surface area contributed by atoms with Gasteiger partial charge in [0.15, 0.2) is 0 Å². The summed E-state index contributed by atoms with van der Waals surface area (Å²) in [4.78, 5) is 8.65. The van der Waals surface area contributed by atoms with Gasteiger partial charge in [-0.05, 0) is 19.9 Å². The van der Waals surface area contributed by atoms with Gasteiger partial charge in [-0.25, -0.2) is 14.6 Å². The van der Waals surface area contributed by atoms with E-state index in [0.717, 1.165) is 29.2 Å². The summed E-state index contributed by atoms with van der Waals surface area (Å²) < 4.78 is 7.57. The van der Waals surface area contributed by atoms with E-state index in [2.05, 4.69) is 34.7 Å². The fourth-order valence-electron chi connectivity index (χ4n) is 1.83. The molecule has 2 aromatic heterocycles. The zero-order valence-corrected chi connectivity index (χ0v) is 13.4. The van der Waals surface area contributed by atoms with Gasteiger partial charge < -0.3 is 4.74 Å². The van der Waals surface area contributed by atoms with E-state index in [1.807, 2.05) is 24.7 Å². The quantitative estimate of drug-likeness (QED) is 0.623. The van der Waals surface area contributed by atoms with Gasteiger partial charge in [-0.15, -0.1) is 0 Å². The van der Waals surface area contributed by atoms with E-state index in [4.69, 9.17) is 4.74 Å². The van der Waals surface area contributed by atoms with Crippen molar-refractivity contribution < 1.29 is 4.74 Å². The highest BCUT2D eigenvalue weighted by Gasteiger charge is 2.13. The van der Waals surface area contributed by atoms with Crippen LogP contribution < -0.4 is 0 Å². The predicted molar refractivity (Wildman–Crippen MR) is 78.9 cm³/mol. The first-order valence-corrected chi connectivity index (χ1v) is 10.3. The number of hydrogen-bond donors (Lipinski definition) is 0. The van der Waals surface area contributed by atoms with Crippen molar-refractivity contribution in [2.24, 2.45) is 0 Å². The highest BCUT2D eigenvalue weighted by Crippen LogP contribution is 2.15. The van der Waals surface area contributed by atoms with Crippen LogP contribution in [0.5, 0.6) is 0 Å². The number of ether oxygens (including phenoxy) is 1. The van der Waals surface area contributed by atoms with E-state index < -0.39 is 8.07 Å². The molecule has 0 spiro atoms. The number of aryl methyl sites for hydroxylation is 2. The van der Waals surface area contributed by atoms with Gasteiger partial charge in [-0.1, -0.05) is 19.6 Å². The molecule has 0 saturated heterocycles. The molecule has 0 atom stereocenters. The topological polar surface area (TPSA) is 52.8 Å². The van der Waals surface area contributed by atoms with Crippen LogP contribution in [0.1, 0.15) is 11.5 Å². The van der Waals surface area contributed by atoms with E-state index in [-0.39, 0.29) is 0 Å². The van der Waals surface area contributed by atoms with Gasteiger partial charge in [0.2, 0.25) is 0 Å². The lowest BCUT2D eigenvalue weighted by atomic mass is 10.4. The average Bonchev–Trinajstić information content (AvgIpc) is 2.60. The lowest BCUT2D eigenvalue weighted by Crippen LogP contribution is -2.22. The second kappa shape index (κ2) is 5.38. The molecular weight excluding hydrogens is 256 g/mol. The maximum Gasteiger partial charge on any atom is 0.140 e. The molecule has 0 saturated carbocycles. The van der Waals surface area contributed by atoms with Gasteiger partial charge in [0.1, 0.15) is 23.6 Å². The third kappa shape index (κ3) is 3.60. The number of rotatable bonds is 5. The summed E-state index contributed by atoms with van der Waals surface area (Å²) in [5, 5.41) is 4.47. The van der Waals surface area contributed by atoms with Gasteiger partial charge in [0.25, 0.3) is 0 Å². The van der Waals surface area contributed by atoms with Crippen molar-refractivity contribution in [3.8, 4) is 0 Å². The first kappa shape index (κ1) is 14.1. The molecule has 104 valence electrons. The molecule has 0 fully saturated rings.